The highest BCUT2D eigenvalue weighted by molar-refractivity contribution is 6.23. The van der Waals surface area contributed by atoms with E-state index in [1.54, 1.807) is 48.5 Å². The predicted molar refractivity (Wildman–Crippen MR) is 259 cm³/mol. The molecule has 0 saturated heterocycles. The third kappa shape index (κ3) is 13.6. The second kappa shape index (κ2) is 22.9. The molecule has 6 amide bonds. The molecular weight excluding hydrogens is 823 g/mol. The molecule has 0 bridgehead atoms. The van der Waals surface area contributed by atoms with Gasteiger partial charge in [-0.3, -0.25) is 28.8 Å². The van der Waals surface area contributed by atoms with Crippen LogP contribution in [0.5, 0.6) is 0 Å². The van der Waals surface area contributed by atoms with Crippen molar-refractivity contribution in [3.63, 3.8) is 0 Å². The summed E-state index contributed by atoms with van der Waals surface area (Å²) in [6.07, 6.45) is 2.24. The van der Waals surface area contributed by atoms with E-state index in [4.69, 9.17) is 4.74 Å². The molecule has 0 aliphatic heterocycles. The number of carbonyl (C=O) groups is 6. The zero-order chi connectivity index (χ0) is 48.3. The van der Waals surface area contributed by atoms with E-state index in [-0.39, 0.29) is 42.0 Å². The Morgan fingerprint density at radius 3 is 1.69 bits per heavy atom. The van der Waals surface area contributed by atoms with Gasteiger partial charge in [-0.2, -0.15) is 0 Å². The van der Waals surface area contributed by atoms with Crippen LogP contribution in [0.25, 0.3) is 32.3 Å². The van der Waals surface area contributed by atoms with Gasteiger partial charge >= 0.3 is 0 Å². The molecule has 0 fully saturated rings. The van der Waals surface area contributed by atoms with Gasteiger partial charge in [-0.15, -0.1) is 0 Å². The molecule has 4 rings (SSSR count). The van der Waals surface area contributed by atoms with Crippen molar-refractivity contribution in [1.29, 1.82) is 0 Å². The Hall–Kier alpha value is -5.76. The number of nitrogens with one attached hydrogen (secondary N) is 7. The number of hydrogen-bond acceptors (Lipinski definition) is 8. The smallest absolute Gasteiger partial charge is 0.243 e. The zero-order valence-electron chi connectivity index (χ0n) is 40.4. The van der Waals surface area contributed by atoms with E-state index in [9.17, 15) is 28.8 Å². The highest BCUT2D eigenvalue weighted by atomic mass is 16.5. The van der Waals surface area contributed by atoms with Crippen molar-refractivity contribution in [3.05, 3.63) is 73.0 Å². The van der Waals surface area contributed by atoms with Gasteiger partial charge in [0.05, 0.1) is 6.26 Å². The van der Waals surface area contributed by atoms with Crippen LogP contribution < -0.4 is 37.2 Å². The summed E-state index contributed by atoms with van der Waals surface area (Å²) >= 11 is 0. The van der Waals surface area contributed by atoms with Crippen LogP contribution in [0.1, 0.15) is 95.1 Å². The Balaban J connectivity index is 1.39. The highest BCUT2D eigenvalue weighted by Gasteiger charge is 2.39. The average molecular weight is 896 g/mol. The van der Waals surface area contributed by atoms with Crippen molar-refractivity contribution in [2.45, 2.75) is 138 Å². The normalized spacial score (nSPS) is 14.8. The Morgan fingerprint density at radius 1 is 0.631 bits per heavy atom. The van der Waals surface area contributed by atoms with Gasteiger partial charge in [0.25, 0.3) is 0 Å². The molecule has 4 aromatic rings. The minimum Gasteiger partial charge on any atom is -0.494 e. The predicted octanol–water partition coefficient (Wildman–Crippen LogP) is 5.62. The summed E-state index contributed by atoms with van der Waals surface area (Å²) in [5.74, 6) is -3.39. The topological polar surface area (TPSA) is 196 Å². The molecule has 0 saturated carbocycles. The lowest BCUT2D eigenvalue weighted by atomic mass is 9.91. The summed E-state index contributed by atoms with van der Waals surface area (Å²) < 4.78 is 5.81. The zero-order valence-corrected chi connectivity index (χ0v) is 40.4. The second-order valence-electron chi connectivity index (χ2n) is 19.3. The summed E-state index contributed by atoms with van der Waals surface area (Å²) in [6.45, 7) is 25.5. The van der Waals surface area contributed by atoms with Crippen molar-refractivity contribution >= 4 is 67.8 Å². The van der Waals surface area contributed by atoms with E-state index in [1.165, 1.54) is 40.1 Å². The largest absolute Gasteiger partial charge is 0.494 e. The van der Waals surface area contributed by atoms with Crippen LogP contribution in [-0.2, 0) is 39.9 Å². The van der Waals surface area contributed by atoms with Gasteiger partial charge in [-0.05, 0) is 95.2 Å². The molecule has 65 heavy (non-hydrogen) atoms. The lowest BCUT2D eigenvalue weighted by Crippen LogP contribution is -2.63. The fourth-order valence-corrected chi connectivity index (χ4v) is 8.35. The molecule has 14 nitrogen and oxygen atoms in total. The van der Waals surface area contributed by atoms with Gasteiger partial charge in [0.1, 0.15) is 35.8 Å². The Morgan fingerprint density at radius 2 is 1.14 bits per heavy atom. The Bertz CT molecular complexity index is 2290. The maximum Gasteiger partial charge on any atom is 0.243 e. The molecule has 0 aromatic heterocycles. The van der Waals surface area contributed by atoms with Crippen LogP contribution >= 0.6 is 0 Å². The SMILES string of the molecule is C=COC(C)(C)[C@H](NC[C@H](C)NC(=O)[C@H](NC(=O)[C@@H](NC(=O)[C@@H](CC(C)C)NC(C)=O)C(C)C)C(C)C)C(=O)N[C@@H](C(=O)NCCc1ccc2ccc3cccc4ccc1c2c34)C(C)C. The molecule has 354 valence electrons. The summed E-state index contributed by atoms with van der Waals surface area (Å²) in [7, 11) is 0. The van der Waals surface area contributed by atoms with Crippen LogP contribution in [0.4, 0.5) is 0 Å². The van der Waals surface area contributed by atoms with Gasteiger partial charge in [-0.1, -0.05) is 117 Å². The van der Waals surface area contributed by atoms with Crippen LogP contribution in [0.3, 0.4) is 0 Å². The first kappa shape index (κ1) is 51.9. The third-order valence-corrected chi connectivity index (χ3v) is 11.8. The van der Waals surface area contributed by atoms with Gasteiger partial charge < -0.3 is 42.0 Å². The molecule has 6 atom stereocenters. The van der Waals surface area contributed by atoms with E-state index < -0.39 is 65.5 Å². The number of hydrogen-bond donors (Lipinski definition) is 7. The first-order chi connectivity index (χ1) is 30.6. The van der Waals surface area contributed by atoms with Crippen molar-refractivity contribution in [1.82, 2.24) is 37.2 Å². The molecule has 0 radical (unpaired) electrons. The molecule has 0 heterocycles. The van der Waals surface area contributed by atoms with Crippen molar-refractivity contribution in [3.8, 4) is 0 Å². The standard InChI is InChI=1S/C51H73N7O7/c1-14-65-51(12,13)45(53-27-32(10)54-48(62)43(30(6)7)57-49(63)44(31(8)9)56-46(60)39(26-28(2)3)55-33(11)59)50(64)58-42(29(4)5)47(61)52-25-24-34-18-19-37-21-20-35-16-15-17-36-22-23-38(34)41(37)40(35)36/h14-23,28-32,39,42-45,53H,1,24-27H2,2-13H3,(H,52,61)(H,54,62)(H,55,59)(H,56,60)(H,57,63)(H,58,64)/t32-,39+,42+,43+,44-,45+/m0/s1. The summed E-state index contributed by atoms with van der Waals surface area (Å²) in [5, 5.41) is 27.6. The van der Waals surface area contributed by atoms with E-state index in [0.717, 1.165) is 10.9 Å². The van der Waals surface area contributed by atoms with Gasteiger partial charge in [0.2, 0.25) is 35.4 Å². The number of amides is 6. The Labute approximate surface area is 384 Å². The molecule has 0 spiro atoms. The molecule has 14 heteroatoms. The summed E-state index contributed by atoms with van der Waals surface area (Å²) in [4.78, 5) is 80.4. The Kier molecular flexibility index (Phi) is 18.3. The molecule has 0 unspecified atom stereocenters. The maximum absolute atomic E-state index is 14.1. The molecule has 4 aromatic carbocycles. The van der Waals surface area contributed by atoms with Crippen LogP contribution in [0.2, 0.25) is 0 Å². The summed E-state index contributed by atoms with van der Waals surface area (Å²) in [6, 6.07) is 14.0. The monoisotopic (exact) mass is 896 g/mol. The number of carbonyl (C=O) groups excluding carboxylic acids is 6. The van der Waals surface area contributed by atoms with Crippen LogP contribution in [-0.4, -0.2) is 90.4 Å². The van der Waals surface area contributed by atoms with Crippen LogP contribution in [0, 0.1) is 23.7 Å². The average Bonchev–Trinajstić information content (AvgIpc) is 3.22. The number of rotatable bonds is 24. The van der Waals surface area contributed by atoms with Crippen molar-refractivity contribution in [2.24, 2.45) is 23.7 Å². The quantitative estimate of drug-likeness (QED) is 0.0348. The molecule has 7 N–H and O–H groups in total. The first-order valence-corrected chi connectivity index (χ1v) is 23.0. The summed E-state index contributed by atoms with van der Waals surface area (Å²) in [5.41, 5.74) is -0.00248. The van der Waals surface area contributed by atoms with E-state index in [1.807, 2.05) is 27.7 Å². The van der Waals surface area contributed by atoms with Crippen molar-refractivity contribution in [2.75, 3.05) is 13.1 Å². The van der Waals surface area contributed by atoms with Crippen molar-refractivity contribution < 1.29 is 33.5 Å². The fourth-order valence-electron chi connectivity index (χ4n) is 8.35. The van der Waals surface area contributed by atoms with Gasteiger partial charge in [0, 0.05) is 26.1 Å². The van der Waals surface area contributed by atoms with E-state index in [2.05, 4.69) is 98.4 Å². The van der Waals surface area contributed by atoms with E-state index in [0.29, 0.717) is 19.4 Å². The first-order valence-electron chi connectivity index (χ1n) is 23.0. The number of ether oxygens (including phenoxy) is 1. The lowest BCUT2D eigenvalue weighted by Gasteiger charge is -2.35. The lowest BCUT2D eigenvalue weighted by molar-refractivity contribution is -0.135. The highest BCUT2D eigenvalue weighted by Crippen LogP contribution is 2.36. The maximum atomic E-state index is 14.1. The number of benzene rings is 4. The van der Waals surface area contributed by atoms with E-state index >= 15 is 0 Å². The van der Waals surface area contributed by atoms with Crippen LogP contribution in [0.15, 0.2) is 67.4 Å². The third-order valence-electron chi connectivity index (χ3n) is 11.8. The molecule has 0 aliphatic carbocycles. The minimum absolute atomic E-state index is 0.108. The fraction of sp³-hybridized carbons (Fsp3) is 0.529. The van der Waals surface area contributed by atoms with Gasteiger partial charge in [-0.25, -0.2) is 0 Å². The minimum atomic E-state index is -1.12. The second-order valence-corrected chi connectivity index (χ2v) is 19.3. The molecular formula is C51H73N7O7. The van der Waals surface area contributed by atoms with Gasteiger partial charge in [0.15, 0.2) is 0 Å². The molecule has 0 aliphatic rings.